The van der Waals surface area contributed by atoms with Crippen molar-refractivity contribution in [2.24, 2.45) is 0 Å². The SMILES string of the molecule is CC(C)N1CCCN(C(C)C)CCCN(C(C)C)CCC1.[Cu+].[O-][Cl+3]([O-])([O-])[O-]. The molecule has 0 aromatic rings. The number of halogens is 1. The van der Waals surface area contributed by atoms with Crippen LogP contribution in [0.2, 0.25) is 0 Å². The van der Waals surface area contributed by atoms with Gasteiger partial charge in [0.15, 0.2) is 0 Å². The van der Waals surface area contributed by atoms with Crippen LogP contribution in [-0.2, 0) is 17.1 Å². The van der Waals surface area contributed by atoms with Gasteiger partial charge in [-0.1, -0.05) is 0 Å². The van der Waals surface area contributed by atoms with Crippen LogP contribution in [0.25, 0.3) is 0 Å². The summed E-state index contributed by atoms with van der Waals surface area (Å²) in [5.74, 6) is 0. The van der Waals surface area contributed by atoms with E-state index < -0.39 is 10.2 Å². The Hall–Kier alpha value is 0.529. The maximum Gasteiger partial charge on any atom is 1.00 e. The second-order valence-electron chi connectivity index (χ2n) is 7.83. The van der Waals surface area contributed by atoms with Gasteiger partial charge in [-0.15, -0.1) is 10.2 Å². The molecule has 0 atom stereocenters. The molecule has 0 saturated carbocycles. The first-order chi connectivity index (χ1) is 11.9. The van der Waals surface area contributed by atoms with Gasteiger partial charge in [0.25, 0.3) is 0 Å². The Bertz CT molecular complexity index is 297. The first kappa shape index (κ1) is 29.7. The van der Waals surface area contributed by atoms with E-state index in [2.05, 4.69) is 56.2 Å². The second kappa shape index (κ2) is 15.4. The van der Waals surface area contributed by atoms with Crippen molar-refractivity contribution in [2.45, 2.75) is 78.9 Å². The van der Waals surface area contributed by atoms with Crippen molar-refractivity contribution in [3.8, 4) is 0 Å². The molecule has 0 amide bonds. The summed E-state index contributed by atoms with van der Waals surface area (Å²) in [6.07, 6.45) is 3.93. The van der Waals surface area contributed by atoms with Crippen LogP contribution in [0.4, 0.5) is 0 Å². The van der Waals surface area contributed by atoms with E-state index in [1.165, 1.54) is 58.5 Å². The molecule has 1 rings (SSSR count). The standard InChI is InChI=1S/C18H39N3.ClHO4.Cu/c1-16(2)19-10-7-12-20(17(3)4)14-9-15-21(18(5)6)13-8-11-19;2-1(3,4)5;/h16-18H,7-15H2,1-6H3;(H,2,3,4,5);/q;;+1/p-1. The van der Waals surface area contributed by atoms with E-state index in [0.29, 0.717) is 18.1 Å². The van der Waals surface area contributed by atoms with Gasteiger partial charge < -0.3 is 14.7 Å². The van der Waals surface area contributed by atoms with E-state index in [0.717, 1.165) is 0 Å². The van der Waals surface area contributed by atoms with Gasteiger partial charge in [-0.3, -0.25) is 0 Å². The summed E-state index contributed by atoms with van der Waals surface area (Å²) in [6, 6.07) is 2.02. The van der Waals surface area contributed by atoms with Crippen LogP contribution in [0, 0.1) is 10.2 Å². The van der Waals surface area contributed by atoms with Crippen LogP contribution < -0.4 is 18.6 Å². The fourth-order valence-corrected chi connectivity index (χ4v) is 3.32. The zero-order valence-corrected chi connectivity index (χ0v) is 19.4. The summed E-state index contributed by atoms with van der Waals surface area (Å²) in [5, 5.41) is 0. The van der Waals surface area contributed by atoms with Crippen molar-refractivity contribution in [1.82, 2.24) is 14.7 Å². The molecule has 7 nitrogen and oxygen atoms in total. The topological polar surface area (TPSA) is 102 Å². The molecule has 168 valence electrons. The molecule has 9 heteroatoms. The average molecular weight is 461 g/mol. The van der Waals surface area contributed by atoms with E-state index in [9.17, 15) is 0 Å². The van der Waals surface area contributed by atoms with Crippen LogP contribution >= 0.6 is 0 Å². The minimum Gasteiger partial charge on any atom is -0.301 e. The molecule has 1 heterocycles. The third-order valence-corrected chi connectivity index (χ3v) is 4.86. The Balaban J connectivity index is 0. The van der Waals surface area contributed by atoms with E-state index in [-0.39, 0.29) is 17.1 Å². The van der Waals surface area contributed by atoms with Crippen LogP contribution in [-0.4, -0.2) is 72.1 Å². The van der Waals surface area contributed by atoms with E-state index >= 15 is 0 Å². The zero-order valence-electron chi connectivity index (χ0n) is 17.8. The molecule has 1 aliphatic rings. The van der Waals surface area contributed by atoms with E-state index in [1.54, 1.807) is 0 Å². The van der Waals surface area contributed by atoms with Gasteiger partial charge in [-0.2, -0.15) is 0 Å². The Kier molecular flexibility index (Phi) is 16.9. The minimum atomic E-state index is -4.94. The monoisotopic (exact) mass is 459 g/mol. The van der Waals surface area contributed by atoms with Gasteiger partial charge in [0.1, 0.15) is 0 Å². The first-order valence-electron chi connectivity index (χ1n) is 9.75. The largest absolute Gasteiger partial charge is 1.00 e. The maximum absolute atomic E-state index is 8.49. The molecule has 0 bridgehead atoms. The van der Waals surface area contributed by atoms with Crippen molar-refractivity contribution >= 4 is 0 Å². The third-order valence-electron chi connectivity index (χ3n) is 4.86. The Morgan fingerprint density at radius 1 is 0.519 bits per heavy atom. The molecule has 1 fully saturated rings. The quantitative estimate of drug-likeness (QED) is 0.475. The summed E-state index contributed by atoms with van der Waals surface area (Å²) < 4.78 is 34.0. The second-order valence-corrected chi connectivity index (χ2v) is 8.58. The number of rotatable bonds is 3. The summed E-state index contributed by atoms with van der Waals surface area (Å²) in [6.45, 7) is 21.6. The van der Waals surface area contributed by atoms with Crippen LogP contribution in [0.1, 0.15) is 60.8 Å². The predicted octanol–water partition coefficient (Wildman–Crippen LogP) is -1.46. The molecule has 0 aromatic heterocycles. The molecule has 1 aliphatic heterocycles. The molecular weight excluding hydrogens is 421 g/mol. The molecule has 0 spiro atoms. The number of hydrogen-bond donors (Lipinski definition) is 0. The van der Waals surface area contributed by atoms with Gasteiger partial charge in [-0.05, 0) is 100 Å². The molecule has 27 heavy (non-hydrogen) atoms. The molecule has 0 unspecified atom stereocenters. The predicted molar refractivity (Wildman–Crippen MR) is 94.0 cm³/mol. The van der Waals surface area contributed by atoms with Crippen molar-refractivity contribution < 1.29 is 45.9 Å². The third kappa shape index (κ3) is 17.1. The molecule has 1 saturated heterocycles. The Morgan fingerprint density at radius 3 is 0.778 bits per heavy atom. The van der Waals surface area contributed by atoms with Crippen molar-refractivity contribution in [3.63, 3.8) is 0 Å². The van der Waals surface area contributed by atoms with Crippen molar-refractivity contribution in [1.29, 1.82) is 0 Å². The fraction of sp³-hybridized carbons (Fsp3) is 1.00. The molecular formula is C18H39ClCuN3O4. The molecule has 0 aromatic carbocycles. The molecule has 0 radical (unpaired) electrons. The number of hydrogen-bond acceptors (Lipinski definition) is 7. The minimum absolute atomic E-state index is 0. The smallest absolute Gasteiger partial charge is 0.301 e. The Labute approximate surface area is 178 Å². The summed E-state index contributed by atoms with van der Waals surface area (Å²) in [7, 11) is -4.94. The first-order valence-corrected chi connectivity index (χ1v) is 11.0. The van der Waals surface area contributed by atoms with Crippen molar-refractivity contribution in [3.05, 3.63) is 0 Å². The van der Waals surface area contributed by atoms with E-state index in [1.807, 2.05) is 0 Å². The van der Waals surface area contributed by atoms with Crippen LogP contribution in [0.5, 0.6) is 0 Å². The maximum atomic E-state index is 8.49. The van der Waals surface area contributed by atoms with Gasteiger partial charge in [0.2, 0.25) is 0 Å². The zero-order chi connectivity index (χ0) is 20.3. The van der Waals surface area contributed by atoms with E-state index in [4.69, 9.17) is 18.6 Å². The van der Waals surface area contributed by atoms with Crippen LogP contribution in [0.3, 0.4) is 0 Å². The summed E-state index contributed by atoms with van der Waals surface area (Å²) in [4.78, 5) is 8.00. The van der Waals surface area contributed by atoms with Crippen molar-refractivity contribution in [2.75, 3.05) is 39.3 Å². The fourth-order valence-electron chi connectivity index (χ4n) is 3.32. The van der Waals surface area contributed by atoms with Gasteiger partial charge in [0.05, 0.1) is 0 Å². The molecule has 0 aliphatic carbocycles. The summed E-state index contributed by atoms with van der Waals surface area (Å²) in [5.41, 5.74) is 0. The normalized spacial score (nSPS) is 19.9. The number of nitrogens with zero attached hydrogens (tertiary/aromatic N) is 3. The van der Waals surface area contributed by atoms with Gasteiger partial charge in [-0.25, -0.2) is 18.6 Å². The van der Waals surface area contributed by atoms with Gasteiger partial charge in [0, 0.05) is 18.1 Å². The Morgan fingerprint density at radius 2 is 0.667 bits per heavy atom. The van der Waals surface area contributed by atoms with Crippen LogP contribution in [0.15, 0.2) is 0 Å². The summed E-state index contributed by atoms with van der Waals surface area (Å²) >= 11 is 0. The average Bonchev–Trinajstić information content (AvgIpc) is 2.44. The van der Waals surface area contributed by atoms with Gasteiger partial charge >= 0.3 is 17.1 Å². The molecule has 0 N–H and O–H groups in total.